The number of hydrogen-bond donors (Lipinski definition) is 1. The predicted molar refractivity (Wildman–Crippen MR) is 122 cm³/mol. The molecule has 1 aromatic rings. The average molecular weight is 430 g/mol. The zero-order valence-corrected chi connectivity index (χ0v) is 19.6. The van der Waals surface area contributed by atoms with Gasteiger partial charge in [-0.2, -0.15) is 11.8 Å². The maximum atomic E-state index is 12.3. The Morgan fingerprint density at radius 1 is 1.21 bits per heavy atom. The van der Waals surface area contributed by atoms with Crippen LogP contribution < -0.4 is 5.32 Å². The summed E-state index contributed by atoms with van der Waals surface area (Å²) in [4.78, 5) is 27.9. The van der Waals surface area contributed by atoms with Crippen molar-refractivity contribution in [2.75, 3.05) is 26.1 Å². The fourth-order valence-corrected chi connectivity index (χ4v) is 3.53. The van der Waals surface area contributed by atoms with Crippen LogP contribution in [0.4, 0.5) is 4.79 Å². The number of urea groups is 1. The van der Waals surface area contributed by atoms with Gasteiger partial charge < -0.3 is 10.2 Å². The Labute approximate surface area is 180 Å². The van der Waals surface area contributed by atoms with Gasteiger partial charge in [0.25, 0.3) is 0 Å². The molecule has 1 heterocycles. The van der Waals surface area contributed by atoms with Crippen molar-refractivity contribution in [3.8, 4) is 0 Å². The van der Waals surface area contributed by atoms with Gasteiger partial charge >= 0.3 is 6.03 Å². The van der Waals surface area contributed by atoms with Crippen molar-refractivity contribution >= 4 is 35.3 Å². The van der Waals surface area contributed by atoms with Crippen molar-refractivity contribution in [2.24, 2.45) is 0 Å². The molecule has 1 aliphatic heterocycles. The third kappa shape index (κ3) is 8.31. The molecule has 0 spiro atoms. The molecule has 1 N–H and O–H groups in total. The largest absolute Gasteiger partial charge is 0.341 e. The highest BCUT2D eigenvalue weighted by molar-refractivity contribution is 7.98. The minimum atomic E-state index is -0.306. The quantitative estimate of drug-likeness (QED) is 0.683. The van der Waals surface area contributed by atoms with E-state index in [1.54, 1.807) is 35.7 Å². The van der Waals surface area contributed by atoms with Gasteiger partial charge in [-0.15, -0.1) is 0 Å². The molecule has 1 aliphatic rings. The minimum Gasteiger partial charge on any atom is -0.341 e. The number of halogens is 1. The molecule has 1 unspecified atom stereocenters. The summed E-state index contributed by atoms with van der Waals surface area (Å²) >= 11 is 7.24. The summed E-state index contributed by atoms with van der Waals surface area (Å²) in [5, 5.41) is 3.46. The maximum Gasteiger partial charge on any atom is 0.319 e. The summed E-state index contributed by atoms with van der Waals surface area (Å²) in [6.07, 6.45) is 5.57. The Bertz CT molecular complexity index is 560. The fourth-order valence-electron chi connectivity index (χ4n) is 2.93. The van der Waals surface area contributed by atoms with E-state index >= 15 is 0 Å². The summed E-state index contributed by atoms with van der Waals surface area (Å²) in [7, 11) is 3.42. The standard InChI is InChI=1S/C13H25N3O2S.C6H5Cl.C2H6/c1-5-6-7-11-15(3)12(17)10(8-9-19-4)16(11)13(18)14-2;7-6-4-2-1-3-5-6;1-2/h10-11H,5-9H2,1-4H3,(H,14,18);1-5H;1-2H3/t10-,11?;;/m0../s1. The van der Waals surface area contributed by atoms with Gasteiger partial charge in [0.1, 0.15) is 12.2 Å². The summed E-state index contributed by atoms with van der Waals surface area (Å²) in [5.41, 5.74) is 0. The van der Waals surface area contributed by atoms with Crippen LogP contribution in [0.1, 0.15) is 46.5 Å². The summed E-state index contributed by atoms with van der Waals surface area (Å²) < 4.78 is 0. The maximum absolute atomic E-state index is 12.3. The lowest BCUT2D eigenvalue weighted by molar-refractivity contribution is -0.128. The first-order valence-electron chi connectivity index (χ1n) is 9.94. The van der Waals surface area contributed by atoms with E-state index in [1.165, 1.54) is 0 Å². The van der Waals surface area contributed by atoms with Gasteiger partial charge in [0.15, 0.2) is 0 Å². The molecule has 7 heteroatoms. The van der Waals surface area contributed by atoms with Gasteiger partial charge in [0, 0.05) is 19.1 Å². The number of benzene rings is 1. The third-order valence-electron chi connectivity index (χ3n) is 4.33. The number of likely N-dealkylation sites (N-methyl/N-ethyl adjacent to an activating group) is 1. The van der Waals surface area contributed by atoms with Gasteiger partial charge in [-0.05, 0) is 43.4 Å². The summed E-state index contributed by atoms with van der Waals surface area (Å²) in [5.74, 6) is 0.955. The Hall–Kier alpha value is -1.40. The van der Waals surface area contributed by atoms with Gasteiger partial charge in [-0.25, -0.2) is 4.79 Å². The SMILES string of the molecule is CC.CCCCC1N(C)C(=O)[C@H](CCSC)N1C(=O)NC.Clc1ccccc1. The van der Waals surface area contributed by atoms with Crippen LogP contribution in [0.3, 0.4) is 0 Å². The predicted octanol–water partition coefficient (Wildman–Crippen LogP) is 5.10. The fraction of sp³-hybridized carbons (Fsp3) is 0.619. The summed E-state index contributed by atoms with van der Waals surface area (Å²) in [6.45, 7) is 6.12. The molecule has 3 amide bonds. The number of carbonyl (C=O) groups excluding carboxylic acids is 2. The summed E-state index contributed by atoms with van der Waals surface area (Å²) in [6, 6.07) is 8.99. The second kappa shape index (κ2) is 15.5. The molecule has 0 saturated carbocycles. The van der Waals surface area contributed by atoms with E-state index < -0.39 is 0 Å². The van der Waals surface area contributed by atoms with E-state index in [2.05, 4.69) is 12.2 Å². The van der Waals surface area contributed by atoms with Crippen molar-refractivity contribution in [1.29, 1.82) is 0 Å². The van der Waals surface area contributed by atoms with Crippen LogP contribution in [-0.4, -0.2) is 60.0 Å². The van der Waals surface area contributed by atoms with Crippen molar-refractivity contribution in [1.82, 2.24) is 15.1 Å². The number of carbonyl (C=O) groups is 2. The van der Waals surface area contributed by atoms with Crippen molar-refractivity contribution in [2.45, 2.75) is 58.7 Å². The molecule has 2 atom stereocenters. The number of thioether (sulfide) groups is 1. The molecular weight excluding hydrogens is 394 g/mol. The van der Waals surface area contributed by atoms with Gasteiger partial charge in [-0.3, -0.25) is 9.69 Å². The molecule has 5 nitrogen and oxygen atoms in total. The van der Waals surface area contributed by atoms with E-state index in [4.69, 9.17) is 11.6 Å². The molecule has 0 aliphatic carbocycles. The van der Waals surface area contributed by atoms with Crippen molar-refractivity contribution in [3.05, 3.63) is 35.4 Å². The second-order valence-electron chi connectivity index (χ2n) is 6.13. The lowest BCUT2D eigenvalue weighted by atomic mass is 10.2. The monoisotopic (exact) mass is 429 g/mol. The molecule has 0 radical (unpaired) electrons. The third-order valence-corrected chi connectivity index (χ3v) is 5.23. The second-order valence-corrected chi connectivity index (χ2v) is 7.55. The topological polar surface area (TPSA) is 52.7 Å². The Morgan fingerprint density at radius 2 is 1.82 bits per heavy atom. The van der Waals surface area contributed by atoms with Crippen LogP contribution in [0.5, 0.6) is 0 Å². The lowest BCUT2D eigenvalue weighted by Gasteiger charge is -2.29. The number of hydrogen-bond acceptors (Lipinski definition) is 3. The smallest absolute Gasteiger partial charge is 0.319 e. The molecule has 1 aromatic carbocycles. The van der Waals surface area contributed by atoms with Crippen LogP contribution in [-0.2, 0) is 4.79 Å². The molecular formula is C21H36ClN3O2S. The van der Waals surface area contributed by atoms with Gasteiger partial charge in [-0.1, -0.05) is 57.0 Å². The highest BCUT2D eigenvalue weighted by Gasteiger charge is 2.45. The zero-order chi connectivity index (χ0) is 21.5. The number of unbranched alkanes of at least 4 members (excludes halogenated alkanes) is 1. The molecule has 28 heavy (non-hydrogen) atoms. The number of amides is 3. The molecule has 1 fully saturated rings. The van der Waals surface area contributed by atoms with Crippen molar-refractivity contribution < 1.29 is 9.59 Å². The Kier molecular flexibility index (Phi) is 14.7. The lowest BCUT2D eigenvalue weighted by Crippen LogP contribution is -2.48. The van der Waals surface area contributed by atoms with Crippen LogP contribution in [0, 0.1) is 0 Å². The molecule has 0 bridgehead atoms. The van der Waals surface area contributed by atoms with E-state index in [0.717, 1.165) is 36.5 Å². The molecule has 2 rings (SSSR count). The van der Waals surface area contributed by atoms with Crippen molar-refractivity contribution in [3.63, 3.8) is 0 Å². The van der Waals surface area contributed by atoms with E-state index in [9.17, 15) is 9.59 Å². The van der Waals surface area contributed by atoms with E-state index in [-0.39, 0.29) is 24.1 Å². The van der Waals surface area contributed by atoms with Crippen LogP contribution in [0.25, 0.3) is 0 Å². The molecule has 160 valence electrons. The first-order valence-corrected chi connectivity index (χ1v) is 11.7. The Morgan fingerprint density at radius 3 is 2.25 bits per heavy atom. The van der Waals surface area contributed by atoms with Crippen LogP contribution in [0.15, 0.2) is 30.3 Å². The van der Waals surface area contributed by atoms with Crippen LogP contribution >= 0.6 is 23.4 Å². The van der Waals surface area contributed by atoms with E-state index in [0.29, 0.717) is 0 Å². The van der Waals surface area contributed by atoms with Crippen LogP contribution in [0.2, 0.25) is 5.02 Å². The molecule has 1 saturated heterocycles. The highest BCUT2D eigenvalue weighted by Crippen LogP contribution is 2.27. The normalized spacial score (nSPS) is 18.0. The average Bonchev–Trinajstić information content (AvgIpc) is 2.96. The number of rotatable bonds is 6. The number of nitrogens with one attached hydrogen (secondary N) is 1. The number of nitrogens with zero attached hydrogens (tertiary/aromatic N) is 2. The first-order chi connectivity index (χ1) is 13.5. The van der Waals surface area contributed by atoms with Gasteiger partial charge in [0.2, 0.25) is 5.91 Å². The Balaban J connectivity index is 0.000000670. The zero-order valence-electron chi connectivity index (χ0n) is 18.1. The molecule has 0 aromatic heterocycles. The van der Waals surface area contributed by atoms with Gasteiger partial charge in [0.05, 0.1) is 0 Å². The van der Waals surface area contributed by atoms with E-state index in [1.807, 2.05) is 50.4 Å². The first kappa shape index (κ1) is 26.6. The minimum absolute atomic E-state index is 0.0683. The highest BCUT2D eigenvalue weighted by atomic mass is 35.5.